The van der Waals surface area contributed by atoms with E-state index in [1.165, 1.54) is 17.2 Å². The summed E-state index contributed by atoms with van der Waals surface area (Å²) in [4.78, 5) is 16.2. The zero-order valence-corrected chi connectivity index (χ0v) is 14.1. The smallest absolute Gasteiger partial charge is 0.321 e. The number of nitrogens with zero attached hydrogens (tertiary/aromatic N) is 2. The molecule has 1 fully saturated rings. The van der Waals surface area contributed by atoms with Crippen molar-refractivity contribution in [3.8, 4) is 0 Å². The van der Waals surface area contributed by atoms with Gasteiger partial charge in [-0.2, -0.15) is 0 Å². The van der Waals surface area contributed by atoms with Crippen LogP contribution >= 0.6 is 0 Å². The van der Waals surface area contributed by atoms with Gasteiger partial charge < -0.3 is 10.2 Å². The number of aryl methyl sites for hydroxylation is 1. The van der Waals surface area contributed by atoms with Crippen molar-refractivity contribution >= 4 is 11.7 Å². The van der Waals surface area contributed by atoms with Crippen LogP contribution in [-0.2, 0) is 6.54 Å². The molecule has 2 aromatic rings. The molecule has 0 atom stereocenters. The van der Waals surface area contributed by atoms with Crippen LogP contribution in [0.1, 0.15) is 11.1 Å². The van der Waals surface area contributed by atoms with E-state index in [4.69, 9.17) is 0 Å². The summed E-state index contributed by atoms with van der Waals surface area (Å²) in [6.45, 7) is 5.67. The monoisotopic (exact) mass is 345 g/mol. The Hall–Kier alpha value is -2.47. The lowest BCUT2D eigenvalue weighted by atomic mass is 10.1. The Bertz CT molecular complexity index is 741. The zero-order valence-electron chi connectivity index (χ0n) is 14.1. The van der Waals surface area contributed by atoms with Gasteiger partial charge in [-0.25, -0.2) is 13.6 Å². The van der Waals surface area contributed by atoms with E-state index in [9.17, 15) is 13.6 Å². The Balaban J connectivity index is 1.50. The normalized spacial score (nSPS) is 15.2. The van der Waals surface area contributed by atoms with E-state index in [-0.39, 0.29) is 11.7 Å². The molecule has 25 heavy (non-hydrogen) atoms. The molecule has 1 aliphatic heterocycles. The molecule has 0 radical (unpaired) electrons. The Morgan fingerprint density at radius 2 is 1.68 bits per heavy atom. The summed E-state index contributed by atoms with van der Waals surface area (Å²) in [5, 5.41) is 2.61. The van der Waals surface area contributed by atoms with Crippen molar-refractivity contribution in [2.45, 2.75) is 13.5 Å². The van der Waals surface area contributed by atoms with Gasteiger partial charge in [0.25, 0.3) is 0 Å². The minimum absolute atomic E-state index is 0.256. The molecule has 0 aliphatic carbocycles. The van der Waals surface area contributed by atoms with Crippen LogP contribution in [0.25, 0.3) is 0 Å². The second kappa shape index (κ2) is 7.61. The number of carbonyl (C=O) groups excluding carboxylic acids is 1. The van der Waals surface area contributed by atoms with Gasteiger partial charge in [0.1, 0.15) is 0 Å². The molecule has 4 nitrogen and oxygen atoms in total. The van der Waals surface area contributed by atoms with Crippen LogP contribution in [0, 0.1) is 18.6 Å². The molecule has 0 aromatic heterocycles. The first-order valence-corrected chi connectivity index (χ1v) is 8.30. The maximum atomic E-state index is 13.2. The molecule has 3 rings (SSSR count). The van der Waals surface area contributed by atoms with Crippen molar-refractivity contribution in [3.63, 3.8) is 0 Å². The third kappa shape index (κ3) is 4.54. The predicted molar refractivity (Wildman–Crippen MR) is 93.4 cm³/mol. The van der Waals surface area contributed by atoms with Crippen LogP contribution in [-0.4, -0.2) is 42.0 Å². The quantitative estimate of drug-likeness (QED) is 0.922. The molecule has 1 heterocycles. The number of rotatable bonds is 3. The number of carbonyl (C=O) groups is 1. The fraction of sp³-hybridized carbons (Fsp3) is 0.316. The van der Waals surface area contributed by atoms with Crippen molar-refractivity contribution in [1.29, 1.82) is 0 Å². The topological polar surface area (TPSA) is 35.6 Å². The second-order valence-corrected chi connectivity index (χ2v) is 6.31. The van der Waals surface area contributed by atoms with Crippen LogP contribution in [0.3, 0.4) is 0 Å². The van der Waals surface area contributed by atoms with E-state index in [1.807, 2.05) is 0 Å². The predicted octanol–water partition coefficient (Wildman–Crippen LogP) is 3.62. The number of piperazine rings is 1. The summed E-state index contributed by atoms with van der Waals surface area (Å²) in [6.07, 6.45) is 0. The third-order valence-corrected chi connectivity index (χ3v) is 4.36. The van der Waals surface area contributed by atoms with Gasteiger partial charge >= 0.3 is 6.03 Å². The van der Waals surface area contributed by atoms with E-state index < -0.39 is 11.6 Å². The number of hydrogen-bond acceptors (Lipinski definition) is 2. The minimum Gasteiger partial charge on any atom is -0.322 e. The van der Waals surface area contributed by atoms with Crippen molar-refractivity contribution in [3.05, 3.63) is 65.2 Å². The number of halogens is 2. The fourth-order valence-corrected chi connectivity index (χ4v) is 2.84. The highest BCUT2D eigenvalue weighted by Crippen LogP contribution is 2.15. The Morgan fingerprint density at radius 3 is 2.32 bits per heavy atom. The Morgan fingerprint density at radius 1 is 1.00 bits per heavy atom. The molecule has 0 bridgehead atoms. The van der Waals surface area contributed by atoms with Crippen LogP contribution in [0.5, 0.6) is 0 Å². The van der Waals surface area contributed by atoms with Crippen molar-refractivity contribution in [1.82, 2.24) is 9.80 Å². The van der Waals surface area contributed by atoms with Gasteiger partial charge in [0.2, 0.25) is 0 Å². The summed E-state index contributed by atoms with van der Waals surface area (Å²) in [5.41, 5.74) is 2.75. The first-order valence-electron chi connectivity index (χ1n) is 8.30. The number of amides is 2. The molecule has 0 spiro atoms. The van der Waals surface area contributed by atoms with Gasteiger partial charge in [-0.1, -0.05) is 29.8 Å². The van der Waals surface area contributed by atoms with Crippen molar-refractivity contribution in [2.24, 2.45) is 0 Å². The first kappa shape index (κ1) is 17.4. The molecule has 132 valence electrons. The number of nitrogens with one attached hydrogen (secondary N) is 1. The Kier molecular flexibility index (Phi) is 5.28. The summed E-state index contributed by atoms with van der Waals surface area (Å²) >= 11 is 0. The van der Waals surface area contributed by atoms with Crippen LogP contribution in [0.15, 0.2) is 42.5 Å². The molecular weight excluding hydrogens is 324 g/mol. The molecule has 2 aromatic carbocycles. The molecule has 6 heteroatoms. The third-order valence-electron chi connectivity index (χ3n) is 4.36. The average molecular weight is 345 g/mol. The van der Waals surface area contributed by atoms with E-state index in [0.29, 0.717) is 13.1 Å². The lowest BCUT2D eigenvalue weighted by Crippen LogP contribution is -2.49. The minimum atomic E-state index is -0.972. The van der Waals surface area contributed by atoms with Gasteiger partial charge in [-0.05, 0) is 24.6 Å². The molecule has 0 unspecified atom stereocenters. The molecular formula is C19H21F2N3O. The Labute approximate surface area is 146 Å². The second-order valence-electron chi connectivity index (χ2n) is 6.31. The molecule has 1 N–H and O–H groups in total. The van der Waals surface area contributed by atoms with E-state index in [2.05, 4.69) is 41.4 Å². The number of urea groups is 1. The average Bonchev–Trinajstić information content (AvgIpc) is 2.61. The highest BCUT2D eigenvalue weighted by Gasteiger charge is 2.21. The van der Waals surface area contributed by atoms with Gasteiger partial charge in [0, 0.05) is 44.5 Å². The molecule has 1 aliphatic rings. The summed E-state index contributed by atoms with van der Waals surface area (Å²) in [5.74, 6) is -1.90. The summed E-state index contributed by atoms with van der Waals surface area (Å²) < 4.78 is 26.1. The van der Waals surface area contributed by atoms with E-state index >= 15 is 0 Å². The standard InChI is InChI=1S/C19H21F2N3O/c1-14-2-4-15(5-3-14)13-23-8-10-24(11-9-23)19(25)22-16-6-7-17(20)18(21)12-16/h2-7,12H,8-11,13H2,1H3,(H,22,25). The van der Waals surface area contributed by atoms with E-state index in [0.717, 1.165) is 31.8 Å². The van der Waals surface area contributed by atoms with Gasteiger partial charge in [-0.15, -0.1) is 0 Å². The van der Waals surface area contributed by atoms with Gasteiger partial charge in [0.05, 0.1) is 0 Å². The number of anilines is 1. The van der Waals surface area contributed by atoms with Crippen molar-refractivity contribution < 1.29 is 13.6 Å². The van der Waals surface area contributed by atoms with Crippen LogP contribution in [0.4, 0.5) is 19.3 Å². The number of benzene rings is 2. The lowest BCUT2D eigenvalue weighted by Gasteiger charge is -2.34. The van der Waals surface area contributed by atoms with Crippen LogP contribution < -0.4 is 5.32 Å². The molecule has 2 amide bonds. The highest BCUT2D eigenvalue weighted by atomic mass is 19.2. The number of hydrogen-bond donors (Lipinski definition) is 1. The van der Waals surface area contributed by atoms with Crippen molar-refractivity contribution in [2.75, 3.05) is 31.5 Å². The first-order chi connectivity index (χ1) is 12.0. The molecule has 1 saturated heterocycles. The summed E-state index contributed by atoms with van der Waals surface area (Å²) in [7, 11) is 0. The SMILES string of the molecule is Cc1ccc(CN2CCN(C(=O)Nc3ccc(F)c(F)c3)CC2)cc1. The lowest BCUT2D eigenvalue weighted by molar-refractivity contribution is 0.143. The van der Waals surface area contributed by atoms with Gasteiger partial charge in [-0.3, -0.25) is 4.90 Å². The summed E-state index contributed by atoms with van der Waals surface area (Å²) in [6, 6.07) is 11.5. The van der Waals surface area contributed by atoms with Gasteiger partial charge in [0.15, 0.2) is 11.6 Å². The maximum absolute atomic E-state index is 13.2. The largest absolute Gasteiger partial charge is 0.322 e. The fourth-order valence-electron chi connectivity index (χ4n) is 2.84. The maximum Gasteiger partial charge on any atom is 0.321 e. The zero-order chi connectivity index (χ0) is 17.8. The molecule has 0 saturated carbocycles. The van der Waals surface area contributed by atoms with E-state index in [1.54, 1.807) is 4.90 Å². The highest BCUT2D eigenvalue weighted by molar-refractivity contribution is 5.89. The van der Waals surface area contributed by atoms with Crippen LogP contribution in [0.2, 0.25) is 0 Å².